The fraction of sp³-hybridized carbons (Fsp3) is 0.357. The van der Waals surface area contributed by atoms with Crippen LogP contribution in [0.1, 0.15) is 73.6 Å². The number of anilines is 4. The van der Waals surface area contributed by atoms with Crippen LogP contribution >= 0.6 is 11.6 Å². The molecule has 1 saturated carbocycles. The molecule has 2 saturated heterocycles. The lowest BCUT2D eigenvalue weighted by Gasteiger charge is -2.42. The van der Waals surface area contributed by atoms with Crippen LogP contribution in [0.25, 0.3) is 0 Å². The number of carbonyl (C=O) groups excluding carboxylic acids is 5. The standard InChI is InChI=1S/C42H38ClF2N11O5/c43-30-15-25(2-1-23(30)18-46)55-8-7-26-32(20-55)47-21-48-38(26)51-35-5-3-27(37(45)50-35)39(58)49-24-13-22(14-24)19-53-9-11-54(12-10-53)34-17-29-28(16-31(34)44)41(60)56(42(29)61)33-4-6-36(57)52-40(33)59/h1-3,5,15-17,21-22,24,33H,4,6-14,19-20H2,(H,49,58)(H,52,57,59)(H,47,48,50,51)/t22-,24-,33?. The van der Waals surface area contributed by atoms with Gasteiger partial charge < -0.3 is 20.4 Å². The highest BCUT2D eigenvalue weighted by molar-refractivity contribution is 6.32. The number of hydrogen-bond acceptors (Lipinski definition) is 13. The Morgan fingerprint density at radius 1 is 0.934 bits per heavy atom. The van der Waals surface area contributed by atoms with E-state index in [2.05, 4.69) is 46.8 Å². The molecule has 4 aliphatic heterocycles. The summed E-state index contributed by atoms with van der Waals surface area (Å²) in [5, 5.41) is 17.7. The number of hydrogen-bond donors (Lipinski definition) is 3. The lowest BCUT2D eigenvalue weighted by atomic mass is 9.79. The molecule has 5 amide bonds. The lowest BCUT2D eigenvalue weighted by molar-refractivity contribution is -0.136. The van der Waals surface area contributed by atoms with Crippen LogP contribution in [0.15, 0.2) is 48.8 Å². The number of amides is 5. The first-order valence-corrected chi connectivity index (χ1v) is 20.4. The molecule has 0 radical (unpaired) electrons. The van der Waals surface area contributed by atoms with Gasteiger partial charge in [0.25, 0.3) is 17.7 Å². The number of piperidine rings is 1. The molecular weight excluding hydrogens is 812 g/mol. The predicted octanol–water partition coefficient (Wildman–Crippen LogP) is 3.71. The van der Waals surface area contributed by atoms with Crippen molar-refractivity contribution in [2.75, 3.05) is 54.4 Å². The van der Waals surface area contributed by atoms with Crippen LogP contribution in [0.5, 0.6) is 0 Å². The van der Waals surface area contributed by atoms with Crippen molar-refractivity contribution < 1.29 is 32.8 Å². The highest BCUT2D eigenvalue weighted by atomic mass is 35.5. The minimum atomic E-state index is -1.13. The quantitative estimate of drug-likeness (QED) is 0.163. The summed E-state index contributed by atoms with van der Waals surface area (Å²) < 4.78 is 30.6. The Morgan fingerprint density at radius 2 is 1.70 bits per heavy atom. The van der Waals surface area contributed by atoms with Crippen molar-refractivity contribution in [1.29, 1.82) is 5.26 Å². The average Bonchev–Trinajstić information content (AvgIpc) is 3.47. The van der Waals surface area contributed by atoms with Crippen LogP contribution in [0, 0.1) is 29.0 Å². The summed E-state index contributed by atoms with van der Waals surface area (Å²) in [7, 11) is 0. The molecule has 5 aliphatic rings. The molecule has 16 nitrogen and oxygen atoms in total. The summed E-state index contributed by atoms with van der Waals surface area (Å²) in [6.07, 6.45) is 3.46. The van der Waals surface area contributed by atoms with Gasteiger partial charge in [0.05, 0.1) is 45.2 Å². The van der Waals surface area contributed by atoms with Gasteiger partial charge in [-0.15, -0.1) is 0 Å². The van der Waals surface area contributed by atoms with E-state index in [1.165, 1.54) is 24.5 Å². The third-order valence-corrected chi connectivity index (χ3v) is 12.4. The van der Waals surface area contributed by atoms with Crippen LogP contribution in [0.3, 0.4) is 0 Å². The Kier molecular flexibility index (Phi) is 10.5. The lowest BCUT2D eigenvalue weighted by Crippen LogP contribution is -2.54. The molecule has 19 heteroatoms. The predicted molar refractivity (Wildman–Crippen MR) is 216 cm³/mol. The first kappa shape index (κ1) is 39.9. The van der Waals surface area contributed by atoms with Crippen molar-refractivity contribution in [2.24, 2.45) is 5.92 Å². The molecule has 312 valence electrons. The molecule has 61 heavy (non-hydrogen) atoms. The fourth-order valence-corrected chi connectivity index (χ4v) is 9.01. The topological polar surface area (TPSA) is 197 Å². The number of nitrogens with one attached hydrogen (secondary N) is 3. The Balaban J connectivity index is 0.742. The Bertz CT molecular complexity index is 2560. The van der Waals surface area contributed by atoms with Crippen molar-refractivity contribution in [3.05, 3.63) is 99.1 Å². The molecular formula is C42H38ClF2N11O5. The van der Waals surface area contributed by atoms with Crippen molar-refractivity contribution in [2.45, 2.75) is 50.7 Å². The molecule has 1 atom stereocenters. The fourth-order valence-electron chi connectivity index (χ4n) is 8.79. The molecule has 4 aromatic rings. The summed E-state index contributed by atoms with van der Waals surface area (Å²) in [6.45, 7) is 4.10. The van der Waals surface area contributed by atoms with Gasteiger partial charge >= 0.3 is 0 Å². The van der Waals surface area contributed by atoms with Gasteiger partial charge in [0, 0.05) is 63.0 Å². The highest BCUT2D eigenvalue weighted by Crippen LogP contribution is 2.35. The van der Waals surface area contributed by atoms with Crippen molar-refractivity contribution in [1.82, 2.24) is 35.4 Å². The summed E-state index contributed by atoms with van der Waals surface area (Å²) in [5.41, 5.74) is 2.89. The summed E-state index contributed by atoms with van der Waals surface area (Å²) >= 11 is 6.26. The second-order valence-electron chi connectivity index (χ2n) is 15.8. The number of aromatic nitrogens is 3. The van der Waals surface area contributed by atoms with E-state index >= 15 is 8.78 Å². The molecule has 0 spiro atoms. The van der Waals surface area contributed by atoms with Crippen LogP contribution in [0.2, 0.25) is 5.02 Å². The van der Waals surface area contributed by atoms with Crippen LogP contribution < -0.4 is 25.8 Å². The molecule has 2 aromatic carbocycles. The molecule has 1 unspecified atom stereocenters. The number of fused-ring (bicyclic) bond motifs is 2. The van der Waals surface area contributed by atoms with Gasteiger partial charge in [-0.25, -0.2) is 19.3 Å². The number of piperazine rings is 1. The number of halogens is 3. The number of nitrogens with zero attached hydrogens (tertiary/aromatic N) is 8. The maximum atomic E-state index is 15.4. The van der Waals surface area contributed by atoms with Crippen molar-refractivity contribution >= 4 is 64.1 Å². The van der Waals surface area contributed by atoms with E-state index in [-0.39, 0.29) is 47.1 Å². The van der Waals surface area contributed by atoms with E-state index in [9.17, 15) is 29.2 Å². The zero-order valence-corrected chi connectivity index (χ0v) is 33.3. The second kappa shape index (κ2) is 16.1. The summed E-state index contributed by atoms with van der Waals surface area (Å²) in [4.78, 5) is 83.3. The Labute approximate surface area is 352 Å². The summed E-state index contributed by atoms with van der Waals surface area (Å²) in [6, 6.07) is 11.5. The van der Waals surface area contributed by atoms with Gasteiger partial charge in [0.15, 0.2) is 0 Å². The first-order chi connectivity index (χ1) is 29.4. The molecule has 9 rings (SSSR count). The van der Waals surface area contributed by atoms with Crippen LogP contribution in [0.4, 0.5) is 31.8 Å². The third-order valence-electron chi connectivity index (χ3n) is 12.1. The molecule has 2 aromatic heterocycles. The highest BCUT2D eigenvalue weighted by Gasteiger charge is 2.45. The largest absolute Gasteiger partial charge is 0.367 e. The van der Waals surface area contributed by atoms with Gasteiger partial charge in [0.2, 0.25) is 17.8 Å². The van der Waals surface area contributed by atoms with E-state index in [0.29, 0.717) is 80.9 Å². The first-order valence-electron chi connectivity index (χ1n) is 20.0. The third kappa shape index (κ3) is 7.70. The maximum Gasteiger partial charge on any atom is 0.262 e. The number of imide groups is 2. The molecule has 6 heterocycles. The van der Waals surface area contributed by atoms with Gasteiger partial charge in [-0.3, -0.25) is 39.1 Å². The van der Waals surface area contributed by atoms with Gasteiger partial charge in [-0.05, 0) is 74.1 Å². The number of carbonyl (C=O) groups is 5. The molecule has 0 bridgehead atoms. The molecule has 3 N–H and O–H groups in total. The smallest absolute Gasteiger partial charge is 0.262 e. The molecule has 1 aliphatic carbocycles. The number of pyridine rings is 1. The minimum Gasteiger partial charge on any atom is -0.367 e. The Hall–Kier alpha value is -6.58. The van der Waals surface area contributed by atoms with Gasteiger partial charge in [-0.2, -0.15) is 9.65 Å². The normalized spacial score (nSPS) is 21.3. The SMILES string of the molecule is N#Cc1ccc(N2CCc3c(ncnc3Nc3ccc(C(=O)N[C@H]4C[C@H](CN5CCN(c6cc7c(cc6F)C(=O)N(C6CCC(=O)NC6=O)C7=O)CC5)C4)c(F)n3)C2)cc1Cl. The molecule has 3 fully saturated rings. The monoisotopic (exact) mass is 849 g/mol. The number of nitriles is 1. The number of rotatable bonds is 9. The van der Waals surface area contributed by atoms with Crippen molar-refractivity contribution in [3.63, 3.8) is 0 Å². The summed E-state index contributed by atoms with van der Waals surface area (Å²) in [5.74, 6) is -3.75. The van der Waals surface area contributed by atoms with Gasteiger partial charge in [0.1, 0.15) is 35.9 Å². The maximum absolute atomic E-state index is 15.4. The van der Waals surface area contributed by atoms with Crippen molar-refractivity contribution in [3.8, 4) is 6.07 Å². The van der Waals surface area contributed by atoms with E-state index in [0.717, 1.165) is 34.5 Å². The second-order valence-corrected chi connectivity index (χ2v) is 16.3. The van der Waals surface area contributed by atoms with E-state index in [1.54, 1.807) is 12.1 Å². The van der Waals surface area contributed by atoms with E-state index < -0.39 is 47.3 Å². The van der Waals surface area contributed by atoms with Crippen LogP contribution in [-0.4, -0.2) is 106 Å². The van der Waals surface area contributed by atoms with E-state index in [4.69, 9.17) is 11.6 Å². The van der Waals surface area contributed by atoms with Crippen LogP contribution in [-0.2, 0) is 22.6 Å². The van der Waals surface area contributed by atoms with E-state index in [1.807, 2.05) is 11.0 Å². The van der Waals surface area contributed by atoms with Gasteiger partial charge in [-0.1, -0.05) is 11.6 Å². The minimum absolute atomic E-state index is 0.00820. The zero-order chi connectivity index (χ0) is 42.5. The Morgan fingerprint density at radius 3 is 2.43 bits per heavy atom. The average molecular weight is 850 g/mol. The number of benzene rings is 2. The zero-order valence-electron chi connectivity index (χ0n) is 32.6.